The fourth-order valence-electron chi connectivity index (χ4n) is 20.7. The molecule has 8 nitrogen and oxygen atoms in total. The van der Waals surface area contributed by atoms with Crippen LogP contribution in [-0.4, -0.2) is 25.0 Å². The third-order valence-corrected chi connectivity index (χ3v) is 27.5. The molecule has 0 radical (unpaired) electrons. The molecule has 0 amide bonds. The summed E-state index contributed by atoms with van der Waals surface area (Å²) in [4.78, 5) is 4.46. The van der Waals surface area contributed by atoms with E-state index in [1.807, 2.05) is 48.5 Å². The number of anilines is 6. The van der Waals surface area contributed by atoms with E-state index in [0.717, 1.165) is 104 Å². The zero-order valence-corrected chi connectivity index (χ0v) is 75.8. The number of rotatable bonds is 7. The predicted molar refractivity (Wildman–Crippen MR) is 550 cm³/mol. The normalized spacial score (nSPS) is 15.3. The van der Waals surface area contributed by atoms with E-state index in [4.69, 9.17) is 8.83 Å². The Balaban J connectivity index is 0.867. The topological polar surface area (TPSA) is 52.5 Å². The van der Waals surface area contributed by atoms with E-state index in [1.54, 1.807) is 9.13 Å². The van der Waals surface area contributed by atoms with Gasteiger partial charge >= 0.3 is 0 Å². The van der Waals surface area contributed by atoms with Crippen molar-refractivity contribution in [2.45, 2.75) is 157 Å². The maximum Gasteiger partial charge on any atom is 0.252 e. The summed E-state index contributed by atoms with van der Waals surface area (Å²) in [6.07, 6.45) is 0. The van der Waals surface area contributed by atoms with Gasteiger partial charge in [0.1, 0.15) is 0 Å². The van der Waals surface area contributed by atoms with E-state index in [9.17, 15) is 21.9 Å². The van der Waals surface area contributed by atoms with Crippen molar-refractivity contribution in [3.8, 4) is 33.9 Å². The summed E-state index contributed by atoms with van der Waals surface area (Å²) >= 11 is 0. The summed E-state index contributed by atoms with van der Waals surface area (Å²) in [5.41, 5.74) is 20.5. The lowest BCUT2D eigenvalue weighted by Crippen LogP contribution is -2.61. The molecule has 0 saturated carbocycles. The molecule has 0 aliphatic carbocycles. The molecule has 0 saturated heterocycles. The molecule has 0 spiro atoms. The largest absolute Gasteiger partial charge is 0.452 e. The lowest BCUT2D eigenvalue weighted by Gasteiger charge is -2.44. The second-order valence-corrected chi connectivity index (χ2v) is 41.8. The van der Waals surface area contributed by atoms with Gasteiger partial charge in [0, 0.05) is 98.8 Å². The first kappa shape index (κ1) is 63.0. The van der Waals surface area contributed by atoms with E-state index in [1.165, 1.54) is 22.3 Å². The van der Waals surface area contributed by atoms with Crippen LogP contribution in [0.1, 0.15) is 180 Å². The van der Waals surface area contributed by atoms with Crippen molar-refractivity contribution in [3.63, 3.8) is 0 Å². The minimum atomic E-state index is -0.852. The number of hydrogen-bond acceptors (Lipinski definition) is 4. The molecule has 8 heterocycles. The SMILES string of the molecule is [2H]c1c([2H])c([2H])c2c(c1[2H])c1c([2H])c([2H])c([2H])c([2H])c1n2-c1ccc2c(c1)N(c1cccc3c1oc1c(-n4c5ccc(C(C)(C)C)cc5c5cc(C(C)(C)C)ccc54)cccc13)c1cc(-c3cc(C(C)(C)C)cc(C(C)(C)C)c3)cc3c1B2c1ccc(-n2c4c([2H])c([2H])c([2H])c([2H])c4c4c([2H])c([2H])c([2H])c([2H])c42)cc1N3c1cccc2c1oc1c(-n3c4ccc(C(C)(C)C)cc4c4cc(C(C)(C)C)ccc43)cccc12. The van der Waals surface area contributed by atoms with Gasteiger partial charge in [-0.15, -0.1) is 0 Å². The van der Waals surface area contributed by atoms with Crippen LogP contribution in [0.25, 0.3) is 165 Å². The Morgan fingerprint density at radius 3 is 0.822 bits per heavy atom. The van der Waals surface area contributed by atoms with Crippen molar-refractivity contribution in [1.82, 2.24) is 18.3 Å². The lowest BCUT2D eigenvalue weighted by atomic mass is 9.33. The summed E-state index contributed by atoms with van der Waals surface area (Å²) in [6.45, 7) is 39.3. The maximum atomic E-state index is 10.0. The third-order valence-electron chi connectivity index (χ3n) is 27.5. The van der Waals surface area contributed by atoms with E-state index in [0.29, 0.717) is 67.4 Å². The van der Waals surface area contributed by atoms with Crippen molar-refractivity contribution < 1.29 is 30.8 Å². The van der Waals surface area contributed by atoms with Crippen molar-refractivity contribution in [3.05, 3.63) is 342 Å². The highest BCUT2D eigenvalue weighted by atomic mass is 16.3. The highest BCUT2D eigenvalue weighted by molar-refractivity contribution is 7.00. The molecule has 9 heteroatoms. The van der Waals surface area contributed by atoms with Crippen LogP contribution in [0.15, 0.2) is 318 Å². The predicted octanol–water partition coefficient (Wildman–Crippen LogP) is 31.4. The molecule has 0 N–H and O–H groups in total. The number of aromatic nitrogens is 4. The Morgan fingerprint density at radius 1 is 0.225 bits per heavy atom. The van der Waals surface area contributed by atoms with Crippen molar-refractivity contribution in [2.24, 2.45) is 0 Å². The monoisotopic (exact) mass is 1690 g/mol. The number of para-hydroxylation sites is 8. The van der Waals surface area contributed by atoms with Crippen LogP contribution in [0.3, 0.4) is 0 Å². The van der Waals surface area contributed by atoms with Gasteiger partial charge in [-0.05, 0) is 227 Å². The molecule has 0 atom stereocenters. The van der Waals surface area contributed by atoms with Gasteiger partial charge in [0.05, 0.1) is 88.8 Å². The van der Waals surface area contributed by atoms with Crippen LogP contribution in [0.4, 0.5) is 34.1 Å². The van der Waals surface area contributed by atoms with Gasteiger partial charge in [0.15, 0.2) is 22.3 Å². The Bertz CT molecular complexity index is 8810. The number of fused-ring (bicyclic) bond motifs is 22. The van der Waals surface area contributed by atoms with Crippen molar-refractivity contribution >= 4 is 188 Å². The first-order valence-corrected chi connectivity index (χ1v) is 44.7. The van der Waals surface area contributed by atoms with Crippen LogP contribution in [0.2, 0.25) is 0 Å². The highest BCUT2D eigenvalue weighted by Gasteiger charge is 2.46. The van der Waals surface area contributed by atoms with E-state index in [2.05, 4.69) is 307 Å². The summed E-state index contributed by atoms with van der Waals surface area (Å²) in [5, 5.41) is 7.17. The molecule has 630 valence electrons. The van der Waals surface area contributed by atoms with Crippen LogP contribution < -0.4 is 26.2 Å². The minimum Gasteiger partial charge on any atom is -0.452 e. The van der Waals surface area contributed by atoms with Gasteiger partial charge in [-0.2, -0.15) is 0 Å². The van der Waals surface area contributed by atoms with Crippen LogP contribution in [-0.2, 0) is 32.5 Å². The number of benzene rings is 16. The fourth-order valence-corrected chi connectivity index (χ4v) is 20.7. The van der Waals surface area contributed by atoms with Gasteiger partial charge in [-0.3, -0.25) is 0 Å². The molecule has 24 rings (SSSR count). The summed E-state index contributed by atoms with van der Waals surface area (Å²) in [6, 6.07) is 66.5. The molecule has 0 fully saturated rings. The Morgan fingerprint density at radius 2 is 0.512 bits per heavy atom. The Kier molecular flexibility index (Phi) is 13.3. The van der Waals surface area contributed by atoms with Gasteiger partial charge in [0.2, 0.25) is 0 Å². The molecule has 6 aromatic heterocycles. The summed E-state index contributed by atoms with van der Waals surface area (Å²) in [5.74, 6) is 0. The molecular weight excluding hydrogens is 1570 g/mol. The average Bonchev–Trinajstić information content (AvgIpc) is 1.69. The number of hydrogen-bond donors (Lipinski definition) is 0. The zero-order valence-electron chi connectivity index (χ0n) is 91.8. The van der Waals surface area contributed by atoms with Crippen molar-refractivity contribution in [1.29, 1.82) is 0 Å². The zero-order chi connectivity index (χ0) is 102. The Labute approximate surface area is 776 Å². The van der Waals surface area contributed by atoms with Crippen LogP contribution >= 0.6 is 0 Å². The second kappa shape index (κ2) is 27.3. The number of furan rings is 2. The molecule has 129 heavy (non-hydrogen) atoms. The lowest BCUT2D eigenvalue weighted by molar-refractivity contribution is 0.569. The molecule has 0 unspecified atom stereocenters. The summed E-state index contributed by atoms with van der Waals surface area (Å²) < 4.78 is 178. The average molecular weight is 1690 g/mol. The van der Waals surface area contributed by atoms with Gasteiger partial charge in [-0.25, -0.2) is 0 Å². The van der Waals surface area contributed by atoms with Gasteiger partial charge < -0.3 is 36.9 Å². The number of nitrogens with zero attached hydrogens (tertiary/aromatic N) is 6. The molecular formula is C120H105BN6O2. The van der Waals surface area contributed by atoms with Gasteiger partial charge in [-0.1, -0.05) is 300 Å². The molecule has 0 bridgehead atoms. The quantitative estimate of drug-likeness (QED) is 0.149. The highest BCUT2D eigenvalue weighted by Crippen LogP contribution is 2.54. The van der Waals surface area contributed by atoms with E-state index < -0.39 is 114 Å². The molecule has 2 aliphatic heterocycles. The minimum absolute atomic E-state index is 0.0767. The first-order valence-electron chi connectivity index (χ1n) is 52.7. The fraction of sp³-hybridized carbons (Fsp3) is 0.200. The van der Waals surface area contributed by atoms with Crippen LogP contribution in [0.5, 0.6) is 0 Å². The van der Waals surface area contributed by atoms with Crippen LogP contribution in [0, 0.1) is 0 Å². The second-order valence-electron chi connectivity index (χ2n) is 41.8. The summed E-state index contributed by atoms with van der Waals surface area (Å²) in [7, 11) is 0. The van der Waals surface area contributed by atoms with Gasteiger partial charge in [0.25, 0.3) is 6.71 Å². The molecule has 22 aromatic rings. The smallest absolute Gasteiger partial charge is 0.252 e. The Hall–Kier alpha value is -14.0. The van der Waals surface area contributed by atoms with E-state index in [-0.39, 0.29) is 76.6 Å². The maximum absolute atomic E-state index is 10.0. The first-order chi connectivity index (χ1) is 68.4. The third kappa shape index (κ3) is 11.8. The van der Waals surface area contributed by atoms with Crippen molar-refractivity contribution in [2.75, 3.05) is 9.80 Å². The molecule has 2 aliphatic rings. The standard InChI is InChI=1S/C120H105BN6O2/c1-115(2,3)72-47-55-98-88(64-72)89-65-73(116(4,5)6)48-56-99(89)124(98)102-43-27-35-84-86-37-29-45-104(113(86)128-111(84)102)126-106-68-78(122-94-39-23-19-31-80(94)81-32-20-24-40-95(81)122)51-53-92(106)121-93-54-52-79(123-96-41-25-21-33-82(96)83-34-22-26-42-97(83)123)69-107(93)127(109-62-71(61-108(126)110(109)121)70-59-76(119(13,14)15)63-77(60-70)120(16,17)18)105-46-30-38-87-85-36-28-44-103(112(85)129-114(87)105)125-100-57-49-74(117(7,8)9)66-90(100)91-67-75(118(10,11)12)50-58-101(91)125/h19-69H,1-18H3/i19D,20D,21D,22D,23D,24D,25D,26D,31D,32D,33D,34D,39D,40D,41D,42D. The van der Waals surface area contributed by atoms with E-state index >= 15 is 0 Å². The molecule has 16 aromatic carbocycles.